The van der Waals surface area contributed by atoms with Crippen LogP contribution in [0.5, 0.6) is 5.88 Å². The number of aromatic nitrogens is 4. The van der Waals surface area contributed by atoms with Crippen LogP contribution in [0.25, 0.3) is 11.0 Å². The summed E-state index contributed by atoms with van der Waals surface area (Å²) in [4.78, 5) is 30.2. The second kappa shape index (κ2) is 7.09. The fraction of sp³-hybridized carbons (Fsp3) is 0.267. The summed E-state index contributed by atoms with van der Waals surface area (Å²) in [6, 6.07) is 5.06. The van der Waals surface area contributed by atoms with Crippen molar-refractivity contribution in [2.24, 2.45) is 4.99 Å². The number of H-pyrrole nitrogens is 1. The predicted octanol–water partition coefficient (Wildman–Crippen LogP) is 0.565. The molecule has 3 aromatic rings. The number of fused-ring (bicyclic) bond motifs is 1. The minimum Gasteiger partial charge on any atom is -0.494 e. The molecule has 0 radical (unpaired) electrons. The van der Waals surface area contributed by atoms with Gasteiger partial charge in [-0.05, 0) is 28.9 Å². The number of rotatable bonds is 6. The van der Waals surface area contributed by atoms with E-state index in [2.05, 4.69) is 24.9 Å². The van der Waals surface area contributed by atoms with Gasteiger partial charge in [-0.1, -0.05) is 6.07 Å². The van der Waals surface area contributed by atoms with Crippen LogP contribution < -0.4 is 11.2 Å². The van der Waals surface area contributed by atoms with Gasteiger partial charge in [0.05, 0.1) is 5.69 Å². The molecule has 0 saturated heterocycles. The summed E-state index contributed by atoms with van der Waals surface area (Å²) in [6.45, 7) is 0.606. The summed E-state index contributed by atoms with van der Waals surface area (Å²) in [5.41, 5.74) is -0.223. The molecular formula is C15H15N5O5. The minimum atomic E-state index is -0.736. The van der Waals surface area contributed by atoms with Gasteiger partial charge in [0.1, 0.15) is 11.1 Å². The van der Waals surface area contributed by atoms with Crippen LogP contribution in [0, 0.1) is 0 Å². The number of nitrogens with one attached hydrogen (secondary N) is 1. The van der Waals surface area contributed by atoms with Crippen molar-refractivity contribution in [3.63, 3.8) is 0 Å². The first-order chi connectivity index (χ1) is 12.1. The molecule has 2 heterocycles. The number of aliphatic imine (C=N–C) groups is 1. The Labute approximate surface area is 140 Å². The molecule has 3 rings (SSSR count). The van der Waals surface area contributed by atoms with Crippen LogP contribution in [0.2, 0.25) is 0 Å². The first kappa shape index (κ1) is 16.6. The van der Waals surface area contributed by atoms with E-state index in [1.807, 2.05) is 0 Å². The maximum atomic E-state index is 12.0. The maximum absolute atomic E-state index is 12.0. The van der Waals surface area contributed by atoms with Gasteiger partial charge in [-0.15, -0.1) is 0 Å². The first-order valence-electron chi connectivity index (χ1n) is 7.42. The zero-order chi connectivity index (χ0) is 17.8. The van der Waals surface area contributed by atoms with Crippen LogP contribution in [-0.4, -0.2) is 44.9 Å². The molecule has 10 heteroatoms. The number of hydrogen-bond donors (Lipinski definition) is 2. The third-order valence-electron chi connectivity index (χ3n) is 3.53. The second-order valence-electron chi connectivity index (χ2n) is 5.16. The Hall–Kier alpha value is -3.27. The van der Waals surface area contributed by atoms with Crippen molar-refractivity contribution in [2.45, 2.75) is 13.0 Å². The van der Waals surface area contributed by atoms with Crippen molar-refractivity contribution in [3.05, 3.63) is 44.6 Å². The molecule has 0 amide bonds. The average molecular weight is 345 g/mol. The van der Waals surface area contributed by atoms with E-state index in [-0.39, 0.29) is 12.1 Å². The summed E-state index contributed by atoms with van der Waals surface area (Å²) in [5.74, 6) is -0.459. The van der Waals surface area contributed by atoms with Gasteiger partial charge in [0, 0.05) is 26.5 Å². The molecule has 0 aliphatic carbocycles. The predicted molar refractivity (Wildman–Crippen MR) is 88.5 cm³/mol. The normalized spacial score (nSPS) is 11.6. The van der Waals surface area contributed by atoms with Gasteiger partial charge in [0.2, 0.25) is 5.88 Å². The molecular weight excluding hydrogens is 330 g/mol. The molecule has 25 heavy (non-hydrogen) atoms. The Kier molecular flexibility index (Phi) is 4.70. The summed E-state index contributed by atoms with van der Waals surface area (Å²) in [6.07, 6.45) is 1.67. The minimum absolute atomic E-state index is 0.134. The van der Waals surface area contributed by atoms with Crippen molar-refractivity contribution in [1.29, 1.82) is 0 Å². The standard InChI is InChI=1S/C15H15N5O5/c1-24-7-3-6-20-14(22)9(13(21)17-15(20)23)8-16-10-4-2-5-11-12(10)19-25-18-11/h2,4-5,8,22H,3,6-7H2,1H3,(H,17,21,23). The maximum Gasteiger partial charge on any atom is 0.331 e. The molecule has 1 aromatic carbocycles. The summed E-state index contributed by atoms with van der Waals surface area (Å²) < 4.78 is 10.6. The quantitative estimate of drug-likeness (QED) is 0.492. The molecule has 2 aromatic heterocycles. The van der Waals surface area contributed by atoms with Crippen molar-refractivity contribution >= 4 is 22.9 Å². The van der Waals surface area contributed by atoms with Crippen LogP contribution in [0.15, 0.2) is 37.4 Å². The fourth-order valence-corrected chi connectivity index (χ4v) is 2.30. The van der Waals surface area contributed by atoms with E-state index < -0.39 is 17.1 Å². The molecule has 0 saturated carbocycles. The zero-order valence-corrected chi connectivity index (χ0v) is 13.3. The highest BCUT2D eigenvalue weighted by Crippen LogP contribution is 2.22. The van der Waals surface area contributed by atoms with Crippen molar-refractivity contribution in [3.8, 4) is 5.88 Å². The van der Waals surface area contributed by atoms with E-state index in [9.17, 15) is 14.7 Å². The zero-order valence-electron chi connectivity index (χ0n) is 13.3. The molecule has 0 spiro atoms. The van der Waals surface area contributed by atoms with Crippen molar-refractivity contribution in [1.82, 2.24) is 19.9 Å². The highest BCUT2D eigenvalue weighted by molar-refractivity contribution is 5.90. The van der Waals surface area contributed by atoms with Gasteiger partial charge in [-0.3, -0.25) is 19.3 Å². The summed E-state index contributed by atoms with van der Waals surface area (Å²) in [7, 11) is 1.53. The van der Waals surface area contributed by atoms with E-state index in [0.717, 1.165) is 4.57 Å². The highest BCUT2D eigenvalue weighted by Gasteiger charge is 2.13. The third kappa shape index (κ3) is 3.33. The molecule has 0 aliphatic heterocycles. The Morgan fingerprint density at radius 1 is 1.40 bits per heavy atom. The number of ether oxygens (including phenoxy) is 1. The summed E-state index contributed by atoms with van der Waals surface area (Å²) >= 11 is 0. The Bertz CT molecular complexity index is 1030. The fourth-order valence-electron chi connectivity index (χ4n) is 2.30. The van der Waals surface area contributed by atoms with Gasteiger partial charge in [-0.25, -0.2) is 9.42 Å². The molecule has 0 aliphatic rings. The van der Waals surface area contributed by atoms with Crippen molar-refractivity contribution < 1.29 is 14.5 Å². The number of aromatic hydroxyl groups is 1. The van der Waals surface area contributed by atoms with E-state index >= 15 is 0 Å². The van der Waals surface area contributed by atoms with Gasteiger partial charge >= 0.3 is 5.69 Å². The van der Waals surface area contributed by atoms with E-state index in [0.29, 0.717) is 29.7 Å². The topological polar surface area (TPSA) is 136 Å². The average Bonchev–Trinajstić information content (AvgIpc) is 3.07. The SMILES string of the molecule is COCCCn1c(O)c(C=Nc2cccc3nonc23)c(=O)[nH]c1=O. The number of nitrogens with zero attached hydrogens (tertiary/aromatic N) is 4. The second-order valence-corrected chi connectivity index (χ2v) is 5.16. The molecule has 0 atom stereocenters. The lowest BCUT2D eigenvalue weighted by atomic mass is 10.2. The van der Waals surface area contributed by atoms with Crippen LogP contribution >= 0.6 is 0 Å². The molecule has 130 valence electrons. The molecule has 2 N–H and O–H groups in total. The van der Waals surface area contributed by atoms with E-state index in [1.54, 1.807) is 18.2 Å². The number of aromatic amines is 1. The van der Waals surface area contributed by atoms with E-state index in [1.165, 1.54) is 13.3 Å². The largest absolute Gasteiger partial charge is 0.494 e. The van der Waals surface area contributed by atoms with Crippen LogP contribution in [0.4, 0.5) is 5.69 Å². The molecule has 0 fully saturated rings. The van der Waals surface area contributed by atoms with Gasteiger partial charge in [-0.2, -0.15) is 0 Å². The Morgan fingerprint density at radius 2 is 2.24 bits per heavy atom. The van der Waals surface area contributed by atoms with E-state index in [4.69, 9.17) is 4.74 Å². The number of benzene rings is 1. The first-order valence-corrected chi connectivity index (χ1v) is 7.42. The van der Waals surface area contributed by atoms with Crippen LogP contribution in [-0.2, 0) is 11.3 Å². The Balaban J connectivity index is 1.99. The molecule has 0 bridgehead atoms. The lowest BCUT2D eigenvalue weighted by Gasteiger charge is -2.09. The smallest absolute Gasteiger partial charge is 0.331 e. The van der Waals surface area contributed by atoms with Gasteiger partial charge < -0.3 is 9.84 Å². The van der Waals surface area contributed by atoms with Gasteiger partial charge in [0.15, 0.2) is 5.52 Å². The highest BCUT2D eigenvalue weighted by atomic mass is 16.6. The monoisotopic (exact) mass is 345 g/mol. The number of methoxy groups -OCH3 is 1. The van der Waals surface area contributed by atoms with Gasteiger partial charge in [0.25, 0.3) is 5.56 Å². The van der Waals surface area contributed by atoms with Crippen LogP contribution in [0.3, 0.4) is 0 Å². The van der Waals surface area contributed by atoms with Crippen molar-refractivity contribution in [2.75, 3.05) is 13.7 Å². The summed E-state index contributed by atoms with van der Waals surface area (Å²) in [5, 5.41) is 17.7. The van der Waals surface area contributed by atoms with Crippen LogP contribution in [0.1, 0.15) is 12.0 Å². The number of hydrogen-bond acceptors (Lipinski definition) is 8. The third-order valence-corrected chi connectivity index (χ3v) is 3.53. The Morgan fingerprint density at radius 3 is 3.04 bits per heavy atom. The molecule has 0 unspecified atom stereocenters. The molecule has 10 nitrogen and oxygen atoms in total. The lowest BCUT2D eigenvalue weighted by molar-refractivity contribution is 0.188. The lowest BCUT2D eigenvalue weighted by Crippen LogP contribution is -2.32.